The average Bonchev–Trinajstić information content (AvgIpc) is 2.74. The SMILES string of the molecule is CCc1ccccc1N1C(=O)OC2CCNCC21. The summed E-state index contributed by atoms with van der Waals surface area (Å²) in [7, 11) is 0. The number of amides is 1. The minimum atomic E-state index is -0.199. The molecule has 0 saturated carbocycles. The van der Waals surface area contributed by atoms with Crippen LogP contribution in [0.1, 0.15) is 18.9 Å². The van der Waals surface area contributed by atoms with Gasteiger partial charge in [0.1, 0.15) is 6.10 Å². The smallest absolute Gasteiger partial charge is 0.415 e. The third kappa shape index (κ3) is 1.77. The van der Waals surface area contributed by atoms with Crippen LogP contribution in [-0.2, 0) is 11.2 Å². The number of nitrogens with zero attached hydrogens (tertiary/aromatic N) is 1. The third-order valence-corrected chi connectivity index (χ3v) is 3.80. The molecule has 4 heteroatoms. The van der Waals surface area contributed by atoms with Crippen molar-refractivity contribution in [2.75, 3.05) is 18.0 Å². The van der Waals surface area contributed by atoms with Crippen LogP contribution < -0.4 is 10.2 Å². The molecule has 0 aromatic heterocycles. The molecule has 2 fully saturated rings. The molecule has 2 unspecified atom stereocenters. The summed E-state index contributed by atoms with van der Waals surface area (Å²) in [5.74, 6) is 0. The van der Waals surface area contributed by atoms with E-state index in [-0.39, 0.29) is 18.2 Å². The zero-order valence-corrected chi connectivity index (χ0v) is 10.6. The molecule has 4 nitrogen and oxygen atoms in total. The minimum absolute atomic E-state index is 0.0451. The van der Waals surface area contributed by atoms with Gasteiger partial charge in [0.05, 0.1) is 11.7 Å². The number of fused-ring (bicyclic) bond motifs is 1. The van der Waals surface area contributed by atoms with Crippen molar-refractivity contribution >= 4 is 11.8 Å². The predicted octanol–water partition coefficient (Wildman–Crippen LogP) is 1.94. The van der Waals surface area contributed by atoms with Crippen LogP contribution in [0.3, 0.4) is 0 Å². The van der Waals surface area contributed by atoms with Gasteiger partial charge >= 0.3 is 6.09 Å². The summed E-state index contributed by atoms with van der Waals surface area (Å²) in [6.07, 6.45) is 1.67. The van der Waals surface area contributed by atoms with Crippen molar-refractivity contribution in [1.29, 1.82) is 0 Å². The zero-order valence-electron chi connectivity index (χ0n) is 10.6. The van der Waals surface area contributed by atoms with Crippen LogP contribution in [-0.4, -0.2) is 31.3 Å². The van der Waals surface area contributed by atoms with Gasteiger partial charge in [0.2, 0.25) is 0 Å². The molecular weight excluding hydrogens is 228 g/mol. The van der Waals surface area contributed by atoms with Gasteiger partial charge in [0.25, 0.3) is 0 Å². The largest absolute Gasteiger partial charge is 0.444 e. The number of piperidine rings is 1. The second kappa shape index (κ2) is 4.61. The first-order valence-electron chi connectivity index (χ1n) is 6.59. The lowest BCUT2D eigenvalue weighted by Gasteiger charge is -2.29. The Morgan fingerprint density at radius 1 is 1.44 bits per heavy atom. The molecule has 0 aliphatic carbocycles. The van der Waals surface area contributed by atoms with Crippen LogP contribution >= 0.6 is 0 Å². The van der Waals surface area contributed by atoms with Gasteiger partial charge in [0.15, 0.2) is 0 Å². The molecule has 0 spiro atoms. The van der Waals surface area contributed by atoms with Crippen LogP contribution in [0.4, 0.5) is 10.5 Å². The highest BCUT2D eigenvalue weighted by Crippen LogP contribution is 2.32. The van der Waals surface area contributed by atoms with Gasteiger partial charge in [0, 0.05) is 6.54 Å². The standard InChI is InChI=1S/C14H18N2O2/c1-2-10-5-3-4-6-11(10)16-12-9-15-8-7-13(12)18-14(16)17/h3-6,12-13,15H,2,7-9H2,1H3. The van der Waals surface area contributed by atoms with Crippen LogP contribution in [0.2, 0.25) is 0 Å². The Bertz CT molecular complexity index is 461. The molecule has 0 bridgehead atoms. The van der Waals surface area contributed by atoms with Crippen LogP contribution in [0.5, 0.6) is 0 Å². The number of para-hydroxylation sites is 1. The Labute approximate surface area is 107 Å². The Balaban J connectivity index is 1.97. The summed E-state index contributed by atoms with van der Waals surface area (Å²) in [6, 6.07) is 8.22. The number of anilines is 1. The van der Waals surface area contributed by atoms with E-state index in [1.165, 1.54) is 5.56 Å². The maximum absolute atomic E-state index is 12.1. The molecule has 2 heterocycles. The van der Waals surface area contributed by atoms with E-state index in [0.29, 0.717) is 0 Å². The molecule has 0 radical (unpaired) electrons. The van der Waals surface area contributed by atoms with Gasteiger partial charge in [-0.15, -0.1) is 0 Å². The normalized spacial score (nSPS) is 26.9. The number of ether oxygens (including phenoxy) is 1. The molecule has 1 N–H and O–H groups in total. The maximum Gasteiger partial charge on any atom is 0.415 e. The Hall–Kier alpha value is -1.55. The first-order valence-corrected chi connectivity index (χ1v) is 6.59. The summed E-state index contributed by atoms with van der Waals surface area (Å²) in [5.41, 5.74) is 2.20. The van der Waals surface area contributed by atoms with Gasteiger partial charge in [-0.05, 0) is 31.0 Å². The molecule has 18 heavy (non-hydrogen) atoms. The molecule has 1 aromatic carbocycles. The van der Waals surface area contributed by atoms with Gasteiger partial charge < -0.3 is 10.1 Å². The molecule has 96 valence electrons. The number of rotatable bonds is 2. The average molecular weight is 246 g/mol. The van der Waals surface area contributed by atoms with Gasteiger partial charge in [-0.3, -0.25) is 4.90 Å². The summed E-state index contributed by atoms with van der Waals surface area (Å²) in [5, 5.41) is 3.34. The first kappa shape index (κ1) is 11.5. The van der Waals surface area contributed by atoms with Crippen LogP contribution in [0.15, 0.2) is 24.3 Å². The summed E-state index contributed by atoms with van der Waals surface area (Å²) < 4.78 is 5.48. The van der Waals surface area contributed by atoms with Crippen molar-refractivity contribution in [3.05, 3.63) is 29.8 Å². The van der Waals surface area contributed by atoms with Gasteiger partial charge in [-0.1, -0.05) is 25.1 Å². The summed E-state index contributed by atoms with van der Waals surface area (Å²) in [6.45, 7) is 3.85. The molecular formula is C14H18N2O2. The van der Waals surface area contributed by atoms with E-state index >= 15 is 0 Å². The van der Waals surface area contributed by atoms with Crippen LogP contribution in [0, 0.1) is 0 Å². The number of carbonyl (C=O) groups is 1. The topological polar surface area (TPSA) is 41.6 Å². The third-order valence-electron chi connectivity index (χ3n) is 3.80. The minimum Gasteiger partial charge on any atom is -0.444 e. The number of aryl methyl sites for hydroxylation is 1. The highest BCUT2D eigenvalue weighted by Gasteiger charge is 2.44. The Kier molecular flexibility index (Phi) is 2.96. The lowest BCUT2D eigenvalue weighted by atomic mass is 10.0. The van der Waals surface area contributed by atoms with Gasteiger partial charge in [-0.25, -0.2) is 4.79 Å². The van der Waals surface area contributed by atoms with E-state index in [0.717, 1.165) is 31.6 Å². The number of hydrogen-bond acceptors (Lipinski definition) is 3. The van der Waals surface area contributed by atoms with E-state index in [4.69, 9.17) is 4.74 Å². The monoisotopic (exact) mass is 246 g/mol. The fraction of sp³-hybridized carbons (Fsp3) is 0.500. The molecule has 2 aliphatic rings. The van der Waals surface area contributed by atoms with Crippen molar-refractivity contribution in [3.63, 3.8) is 0 Å². The number of hydrogen-bond donors (Lipinski definition) is 1. The Morgan fingerprint density at radius 3 is 3.11 bits per heavy atom. The van der Waals surface area contributed by atoms with E-state index < -0.39 is 0 Å². The maximum atomic E-state index is 12.1. The second-order valence-corrected chi connectivity index (χ2v) is 4.83. The van der Waals surface area contributed by atoms with Crippen molar-refractivity contribution in [3.8, 4) is 0 Å². The highest BCUT2D eigenvalue weighted by atomic mass is 16.6. The quantitative estimate of drug-likeness (QED) is 0.867. The molecule has 1 aromatic rings. The molecule has 1 amide bonds. The van der Waals surface area contributed by atoms with Crippen molar-refractivity contribution in [2.45, 2.75) is 31.9 Å². The van der Waals surface area contributed by atoms with E-state index in [1.54, 1.807) is 0 Å². The molecule has 2 saturated heterocycles. The van der Waals surface area contributed by atoms with Gasteiger partial charge in [-0.2, -0.15) is 0 Å². The molecule has 3 rings (SSSR count). The van der Waals surface area contributed by atoms with Crippen molar-refractivity contribution in [2.24, 2.45) is 0 Å². The highest BCUT2D eigenvalue weighted by molar-refractivity contribution is 5.91. The van der Waals surface area contributed by atoms with Crippen molar-refractivity contribution in [1.82, 2.24) is 5.32 Å². The summed E-state index contributed by atoms with van der Waals surface area (Å²) in [4.78, 5) is 13.9. The molecule has 2 atom stereocenters. The number of nitrogens with one attached hydrogen (secondary N) is 1. The van der Waals surface area contributed by atoms with Crippen molar-refractivity contribution < 1.29 is 9.53 Å². The fourth-order valence-electron chi connectivity index (χ4n) is 2.86. The fourth-order valence-corrected chi connectivity index (χ4v) is 2.86. The molecule has 2 aliphatic heterocycles. The lowest BCUT2D eigenvalue weighted by molar-refractivity contribution is 0.117. The number of carbonyl (C=O) groups excluding carboxylic acids is 1. The predicted molar refractivity (Wildman–Crippen MR) is 69.8 cm³/mol. The Morgan fingerprint density at radius 2 is 2.28 bits per heavy atom. The second-order valence-electron chi connectivity index (χ2n) is 4.83. The lowest BCUT2D eigenvalue weighted by Crippen LogP contribution is -2.49. The van der Waals surface area contributed by atoms with Crippen LogP contribution in [0.25, 0.3) is 0 Å². The van der Waals surface area contributed by atoms with E-state index in [2.05, 4.69) is 18.3 Å². The van der Waals surface area contributed by atoms with E-state index in [9.17, 15) is 4.79 Å². The zero-order chi connectivity index (χ0) is 12.5. The first-order chi connectivity index (χ1) is 8.81. The summed E-state index contributed by atoms with van der Waals surface area (Å²) >= 11 is 0. The van der Waals surface area contributed by atoms with E-state index in [1.807, 2.05) is 23.1 Å². The number of benzene rings is 1.